The van der Waals surface area contributed by atoms with E-state index < -0.39 is 12.1 Å². The number of nitrogens with zero attached hydrogens (tertiary/aromatic N) is 2. The van der Waals surface area contributed by atoms with Crippen molar-refractivity contribution in [3.63, 3.8) is 0 Å². The predicted octanol–water partition coefficient (Wildman–Crippen LogP) is 7.19. The van der Waals surface area contributed by atoms with Gasteiger partial charge in [-0.25, -0.2) is 9.78 Å². The summed E-state index contributed by atoms with van der Waals surface area (Å²) in [7, 11) is 0. The summed E-state index contributed by atoms with van der Waals surface area (Å²) in [5, 5.41) is 16.3. The molecule has 2 aromatic heterocycles. The Morgan fingerprint density at radius 1 is 0.878 bits per heavy atom. The molecule has 11 heteroatoms. The number of hydrogen-bond acceptors (Lipinski definition) is 9. The molecule has 49 heavy (non-hydrogen) atoms. The number of thiazole rings is 2. The number of nitrogens with one attached hydrogen (secondary N) is 4. The van der Waals surface area contributed by atoms with E-state index in [-0.39, 0.29) is 36.4 Å². The summed E-state index contributed by atoms with van der Waals surface area (Å²) in [5.41, 5.74) is 4.90. The minimum Gasteiger partial charge on any atom is -0.444 e. The number of ether oxygens (including phenoxy) is 1. The lowest BCUT2D eigenvalue weighted by Crippen LogP contribution is -2.52. The summed E-state index contributed by atoms with van der Waals surface area (Å²) in [4.78, 5) is 36.6. The van der Waals surface area contributed by atoms with Gasteiger partial charge in [0.15, 0.2) is 0 Å². The first-order valence-electron chi connectivity index (χ1n) is 16.9. The fourth-order valence-electron chi connectivity index (χ4n) is 5.54. The largest absolute Gasteiger partial charge is 0.444 e. The maximum Gasteiger partial charge on any atom is 0.407 e. The van der Waals surface area contributed by atoms with E-state index in [0.717, 1.165) is 26.7 Å². The Balaban J connectivity index is 1.44. The molecule has 0 aliphatic rings. The molecule has 0 spiro atoms. The molecule has 0 saturated carbocycles. The molecule has 4 atom stereocenters. The van der Waals surface area contributed by atoms with E-state index in [1.807, 2.05) is 50.2 Å². The lowest BCUT2D eigenvalue weighted by atomic mass is 9.87. The molecule has 0 fully saturated rings. The first-order chi connectivity index (χ1) is 23.6. The third-order valence-electron chi connectivity index (χ3n) is 8.27. The van der Waals surface area contributed by atoms with Crippen molar-refractivity contribution in [1.29, 1.82) is 0 Å². The third kappa shape index (κ3) is 12.6. The number of benzene rings is 2. The van der Waals surface area contributed by atoms with E-state index in [1.165, 1.54) is 11.3 Å². The van der Waals surface area contributed by atoms with Crippen LogP contribution in [0, 0.1) is 11.8 Å². The quantitative estimate of drug-likeness (QED) is 0.0818. The summed E-state index contributed by atoms with van der Waals surface area (Å²) < 4.78 is 5.55. The van der Waals surface area contributed by atoms with Crippen molar-refractivity contribution < 1.29 is 14.3 Å². The van der Waals surface area contributed by atoms with Gasteiger partial charge in [-0.15, -0.1) is 22.7 Å². The number of carbonyl (C=O) groups excluding carboxylic acids is 2. The average Bonchev–Trinajstić information content (AvgIpc) is 3.79. The summed E-state index contributed by atoms with van der Waals surface area (Å²) in [6.07, 6.45) is 3.14. The van der Waals surface area contributed by atoms with E-state index >= 15 is 0 Å². The Morgan fingerprint density at radius 2 is 1.55 bits per heavy atom. The van der Waals surface area contributed by atoms with Crippen LogP contribution in [0.25, 0.3) is 0 Å². The molecule has 0 aliphatic heterocycles. The SMILES string of the molecule is C=C(NCc1csc(C(C)C)n1)N[C@H](C(=O)N[C@@H](Cc1ccccc1)C[C@H](C)[C@H](Cc1ccccc1)NC(=O)OCc1cncs1)C(C)C. The van der Waals surface area contributed by atoms with E-state index in [2.05, 4.69) is 88.2 Å². The van der Waals surface area contributed by atoms with Crippen molar-refractivity contribution in [1.82, 2.24) is 31.2 Å². The van der Waals surface area contributed by atoms with Gasteiger partial charge in [-0.05, 0) is 42.2 Å². The fourth-order valence-corrected chi connectivity index (χ4v) is 6.88. The lowest BCUT2D eigenvalue weighted by Gasteiger charge is -2.31. The molecule has 4 N–H and O–H groups in total. The van der Waals surface area contributed by atoms with Gasteiger partial charge in [0.05, 0.1) is 33.5 Å². The number of rotatable bonds is 19. The topological polar surface area (TPSA) is 117 Å². The van der Waals surface area contributed by atoms with Gasteiger partial charge in [0.25, 0.3) is 0 Å². The average molecular weight is 703 g/mol. The van der Waals surface area contributed by atoms with Crippen LogP contribution < -0.4 is 21.3 Å². The zero-order valence-electron chi connectivity index (χ0n) is 29.1. The standard InChI is InChI=1S/C38H50N6O3S2/c1-25(2)35(41-28(6)40-20-32-23-48-37(43-32)26(3)4)36(45)42-31(18-29-13-9-7-10-14-29)17-27(5)34(19-30-15-11-8-12-16-30)44-38(46)47-22-33-21-39-24-49-33/h7-16,21,23-27,31,34-35,40-41H,6,17-20,22H2,1-5H3,(H,42,45)(H,44,46)/t27-,31+,34-,35-/m0/s1. The molecular weight excluding hydrogens is 653 g/mol. The Kier molecular flexibility index (Phi) is 14.6. The van der Waals surface area contributed by atoms with Crippen molar-refractivity contribution >= 4 is 34.7 Å². The van der Waals surface area contributed by atoms with Crippen molar-refractivity contribution in [3.05, 3.63) is 117 Å². The van der Waals surface area contributed by atoms with Gasteiger partial charge in [0, 0.05) is 29.6 Å². The summed E-state index contributed by atoms with van der Waals surface area (Å²) in [6, 6.07) is 19.3. The number of amides is 2. The number of hydrogen-bond donors (Lipinski definition) is 4. The molecule has 0 saturated heterocycles. The Bertz CT molecular complexity index is 1580. The molecule has 0 aliphatic carbocycles. The molecule has 4 rings (SSSR count). The van der Waals surface area contributed by atoms with Crippen LogP contribution in [0.1, 0.15) is 73.7 Å². The van der Waals surface area contributed by atoms with Gasteiger partial charge in [-0.2, -0.15) is 0 Å². The van der Waals surface area contributed by atoms with Crippen molar-refractivity contribution in [2.75, 3.05) is 0 Å². The number of alkyl carbamates (subject to hydrolysis) is 1. The van der Waals surface area contributed by atoms with Crippen molar-refractivity contribution in [3.8, 4) is 0 Å². The molecule has 0 radical (unpaired) electrons. The van der Waals surface area contributed by atoms with Gasteiger partial charge >= 0.3 is 6.09 Å². The van der Waals surface area contributed by atoms with Crippen molar-refractivity contribution in [2.24, 2.45) is 11.8 Å². The van der Waals surface area contributed by atoms with Crippen LogP contribution in [0.2, 0.25) is 0 Å². The monoisotopic (exact) mass is 702 g/mol. The summed E-state index contributed by atoms with van der Waals surface area (Å²) in [6.45, 7) is 15.3. The van der Waals surface area contributed by atoms with Crippen LogP contribution in [0.4, 0.5) is 4.79 Å². The highest BCUT2D eigenvalue weighted by Crippen LogP contribution is 2.21. The molecular formula is C38H50N6O3S2. The molecule has 2 aromatic carbocycles. The van der Waals surface area contributed by atoms with Gasteiger partial charge in [0.2, 0.25) is 5.91 Å². The van der Waals surface area contributed by atoms with E-state index in [1.54, 1.807) is 23.0 Å². The highest BCUT2D eigenvalue weighted by Gasteiger charge is 2.29. The van der Waals surface area contributed by atoms with Gasteiger partial charge in [-0.1, -0.05) is 102 Å². The molecule has 9 nitrogen and oxygen atoms in total. The molecule has 4 aromatic rings. The second-order valence-corrected chi connectivity index (χ2v) is 15.0. The fraction of sp³-hybridized carbons (Fsp3) is 0.421. The molecule has 2 heterocycles. The Morgan fingerprint density at radius 3 is 2.14 bits per heavy atom. The van der Waals surface area contributed by atoms with Crippen LogP contribution in [0.5, 0.6) is 0 Å². The van der Waals surface area contributed by atoms with Gasteiger partial charge in [0.1, 0.15) is 12.6 Å². The predicted molar refractivity (Wildman–Crippen MR) is 199 cm³/mol. The zero-order valence-corrected chi connectivity index (χ0v) is 30.8. The zero-order chi connectivity index (χ0) is 35.2. The Labute approximate surface area is 299 Å². The van der Waals surface area contributed by atoms with Crippen LogP contribution in [0.15, 0.2) is 90.2 Å². The van der Waals surface area contributed by atoms with Crippen LogP contribution in [0.3, 0.4) is 0 Å². The second-order valence-electron chi connectivity index (χ2n) is 13.1. The van der Waals surface area contributed by atoms with Crippen molar-refractivity contribution in [2.45, 2.75) is 91.1 Å². The highest BCUT2D eigenvalue weighted by molar-refractivity contribution is 7.09. The molecule has 0 unspecified atom stereocenters. The lowest BCUT2D eigenvalue weighted by molar-refractivity contribution is -0.124. The molecule has 0 bridgehead atoms. The van der Waals surface area contributed by atoms with Crippen LogP contribution in [-0.4, -0.2) is 40.1 Å². The number of carbonyl (C=O) groups is 2. The molecule has 262 valence electrons. The first-order valence-corrected chi connectivity index (χ1v) is 18.7. The number of aromatic nitrogens is 2. The minimum atomic E-state index is -0.504. The molecule has 2 amide bonds. The van der Waals surface area contributed by atoms with Gasteiger partial charge in [-0.3, -0.25) is 9.78 Å². The maximum atomic E-state index is 13.9. The van der Waals surface area contributed by atoms with E-state index in [9.17, 15) is 9.59 Å². The third-order valence-corrected chi connectivity index (χ3v) is 10.2. The van der Waals surface area contributed by atoms with E-state index in [0.29, 0.717) is 37.5 Å². The normalized spacial score (nSPS) is 13.7. The van der Waals surface area contributed by atoms with Gasteiger partial charge < -0.3 is 26.0 Å². The highest BCUT2D eigenvalue weighted by atomic mass is 32.1. The smallest absolute Gasteiger partial charge is 0.407 e. The first kappa shape index (κ1) is 37.6. The second kappa shape index (κ2) is 19.1. The minimum absolute atomic E-state index is 0.000904. The van der Waals surface area contributed by atoms with E-state index in [4.69, 9.17) is 4.74 Å². The summed E-state index contributed by atoms with van der Waals surface area (Å²) >= 11 is 3.10. The summed E-state index contributed by atoms with van der Waals surface area (Å²) in [5.74, 6) is 0.860. The Hall–Kier alpha value is -4.22. The van der Waals surface area contributed by atoms with Crippen LogP contribution >= 0.6 is 22.7 Å². The maximum absolute atomic E-state index is 13.9. The van der Waals surface area contributed by atoms with Crippen LogP contribution in [-0.2, 0) is 35.5 Å².